The predicted octanol–water partition coefficient (Wildman–Crippen LogP) is 2.67. The highest BCUT2D eigenvalue weighted by Gasteiger charge is 2.31. The average molecular weight is 313 g/mol. The maximum absolute atomic E-state index is 10.6. The van der Waals surface area contributed by atoms with Gasteiger partial charge in [-0.05, 0) is 43.4 Å². The predicted molar refractivity (Wildman–Crippen MR) is 89.6 cm³/mol. The first-order valence-corrected chi connectivity index (χ1v) is 8.08. The van der Waals surface area contributed by atoms with Crippen LogP contribution in [0.5, 0.6) is 11.5 Å². The number of aliphatic hydroxyl groups excluding tert-OH is 1. The largest absolute Gasteiger partial charge is 0.504 e. The Kier molecular flexibility index (Phi) is 4.55. The van der Waals surface area contributed by atoms with Gasteiger partial charge in [-0.25, -0.2) is 0 Å². The zero-order chi connectivity index (χ0) is 16.4. The monoisotopic (exact) mass is 313 g/mol. The Bertz CT molecular complexity index is 672. The van der Waals surface area contributed by atoms with E-state index in [0.717, 1.165) is 12.8 Å². The molecule has 4 N–H and O–H groups in total. The van der Waals surface area contributed by atoms with Gasteiger partial charge in [-0.15, -0.1) is 0 Å². The van der Waals surface area contributed by atoms with Gasteiger partial charge in [-0.1, -0.05) is 36.4 Å². The molecule has 3 rings (SSSR count). The van der Waals surface area contributed by atoms with Crippen molar-refractivity contribution in [3.05, 3.63) is 59.2 Å². The fourth-order valence-corrected chi connectivity index (χ4v) is 3.42. The van der Waals surface area contributed by atoms with Crippen LogP contribution in [0, 0.1) is 0 Å². The number of phenolic OH excluding ortho intramolecular Hbond substituents is 2. The first kappa shape index (κ1) is 15.8. The minimum absolute atomic E-state index is 0.0508. The molecule has 23 heavy (non-hydrogen) atoms. The molecule has 1 aliphatic rings. The Morgan fingerprint density at radius 3 is 2.61 bits per heavy atom. The molecule has 1 unspecified atom stereocenters. The van der Waals surface area contributed by atoms with Crippen molar-refractivity contribution in [2.24, 2.45) is 0 Å². The lowest BCUT2D eigenvalue weighted by Crippen LogP contribution is -2.43. The Hall–Kier alpha value is -2.04. The van der Waals surface area contributed by atoms with E-state index < -0.39 is 6.10 Å². The summed E-state index contributed by atoms with van der Waals surface area (Å²) in [6.07, 6.45) is 1.59. The van der Waals surface area contributed by atoms with Crippen molar-refractivity contribution in [3.8, 4) is 11.5 Å². The second kappa shape index (κ2) is 6.60. The van der Waals surface area contributed by atoms with E-state index in [4.69, 9.17) is 0 Å². The molecule has 0 spiro atoms. The summed E-state index contributed by atoms with van der Waals surface area (Å²) in [5.74, 6) is -0.225. The second-order valence-corrected chi connectivity index (χ2v) is 6.35. The van der Waals surface area contributed by atoms with Gasteiger partial charge in [0.2, 0.25) is 0 Å². The number of nitrogens with one attached hydrogen (secondary N) is 1. The fourth-order valence-electron chi connectivity index (χ4n) is 3.42. The summed E-state index contributed by atoms with van der Waals surface area (Å²) in [5.41, 5.74) is 2.63. The number of benzene rings is 2. The second-order valence-electron chi connectivity index (χ2n) is 6.35. The molecule has 0 saturated carbocycles. The fraction of sp³-hybridized carbons (Fsp3) is 0.368. The molecule has 1 aliphatic carbocycles. The van der Waals surface area contributed by atoms with Crippen molar-refractivity contribution in [1.82, 2.24) is 5.32 Å². The Morgan fingerprint density at radius 1 is 1.13 bits per heavy atom. The zero-order valence-electron chi connectivity index (χ0n) is 13.2. The number of aliphatic hydroxyl groups is 1. The Labute approximate surface area is 136 Å². The van der Waals surface area contributed by atoms with Crippen LogP contribution in [0.1, 0.15) is 36.1 Å². The van der Waals surface area contributed by atoms with E-state index in [1.807, 2.05) is 18.2 Å². The van der Waals surface area contributed by atoms with Gasteiger partial charge in [-0.2, -0.15) is 0 Å². The first-order valence-electron chi connectivity index (χ1n) is 8.08. The third-order valence-electron chi connectivity index (χ3n) is 4.59. The molecule has 0 amide bonds. The number of rotatable bonds is 4. The van der Waals surface area contributed by atoms with Crippen molar-refractivity contribution in [2.45, 2.75) is 44.4 Å². The lowest BCUT2D eigenvalue weighted by molar-refractivity contribution is 0.108. The number of hydrogen-bond donors (Lipinski definition) is 4. The van der Waals surface area contributed by atoms with Crippen molar-refractivity contribution < 1.29 is 15.3 Å². The lowest BCUT2D eigenvalue weighted by Gasteiger charge is -2.33. The van der Waals surface area contributed by atoms with Gasteiger partial charge < -0.3 is 20.6 Å². The molecule has 0 fully saturated rings. The molecule has 0 aliphatic heterocycles. The molecule has 4 heteroatoms. The molecule has 0 aromatic heterocycles. The maximum atomic E-state index is 10.6. The third kappa shape index (κ3) is 3.33. The van der Waals surface area contributed by atoms with Gasteiger partial charge >= 0.3 is 0 Å². The van der Waals surface area contributed by atoms with Crippen LogP contribution in [0.4, 0.5) is 0 Å². The molecule has 0 radical (unpaired) electrons. The van der Waals surface area contributed by atoms with Gasteiger partial charge in [0, 0.05) is 17.6 Å². The molecule has 2 aromatic carbocycles. The molecular formula is C19H23NO3. The van der Waals surface area contributed by atoms with Gasteiger partial charge in [0.05, 0.1) is 6.10 Å². The zero-order valence-corrected chi connectivity index (χ0v) is 13.2. The minimum atomic E-state index is -0.677. The van der Waals surface area contributed by atoms with E-state index in [1.165, 1.54) is 11.6 Å². The topological polar surface area (TPSA) is 72.7 Å². The van der Waals surface area contributed by atoms with Crippen LogP contribution >= 0.6 is 0 Å². The van der Waals surface area contributed by atoms with Crippen molar-refractivity contribution in [2.75, 3.05) is 0 Å². The van der Waals surface area contributed by atoms with Crippen LogP contribution in [-0.4, -0.2) is 27.4 Å². The van der Waals surface area contributed by atoms with E-state index in [2.05, 4.69) is 24.4 Å². The van der Waals surface area contributed by atoms with Gasteiger partial charge in [0.25, 0.3) is 0 Å². The Morgan fingerprint density at radius 2 is 1.87 bits per heavy atom. The van der Waals surface area contributed by atoms with Crippen molar-refractivity contribution >= 4 is 0 Å². The molecule has 3 atom stereocenters. The van der Waals surface area contributed by atoms with E-state index in [9.17, 15) is 15.3 Å². The van der Waals surface area contributed by atoms with E-state index in [-0.39, 0.29) is 23.6 Å². The summed E-state index contributed by atoms with van der Waals surface area (Å²) in [6.45, 7) is 2.11. The average Bonchev–Trinajstić information content (AvgIpc) is 2.54. The minimum Gasteiger partial charge on any atom is -0.504 e. The highest BCUT2D eigenvalue weighted by atomic mass is 16.3. The third-order valence-corrected chi connectivity index (χ3v) is 4.59. The summed E-state index contributed by atoms with van der Waals surface area (Å²) in [5, 5.41) is 33.6. The van der Waals surface area contributed by atoms with Crippen molar-refractivity contribution in [3.63, 3.8) is 0 Å². The molecule has 122 valence electrons. The van der Waals surface area contributed by atoms with Crippen LogP contribution in [-0.2, 0) is 12.8 Å². The quantitative estimate of drug-likeness (QED) is 0.655. The standard InChI is InChI=1S/C19H23NO3/c1-12(11-13-5-3-2-4-6-13)20-16-9-7-15-14(18(16)22)8-10-17(21)19(15)23/h2-6,8,10,12,16,18,20-23H,7,9,11H2,1H3/t12?,16-,18-/m0/s1. The summed E-state index contributed by atoms with van der Waals surface area (Å²) in [6, 6.07) is 13.6. The first-order chi connectivity index (χ1) is 11.1. The molecule has 0 heterocycles. The van der Waals surface area contributed by atoms with Crippen LogP contribution < -0.4 is 5.32 Å². The van der Waals surface area contributed by atoms with E-state index >= 15 is 0 Å². The normalized spacial score (nSPS) is 21.7. The highest BCUT2D eigenvalue weighted by Crippen LogP contribution is 2.39. The van der Waals surface area contributed by atoms with Gasteiger partial charge in [0.1, 0.15) is 0 Å². The molecule has 4 nitrogen and oxygen atoms in total. The molecule has 2 aromatic rings. The number of aromatic hydroxyl groups is 2. The smallest absolute Gasteiger partial charge is 0.161 e. The molecule has 0 bridgehead atoms. The van der Waals surface area contributed by atoms with E-state index in [1.54, 1.807) is 6.07 Å². The van der Waals surface area contributed by atoms with Gasteiger partial charge in [0.15, 0.2) is 11.5 Å². The highest BCUT2D eigenvalue weighted by molar-refractivity contribution is 5.51. The van der Waals surface area contributed by atoms with Crippen LogP contribution in [0.2, 0.25) is 0 Å². The number of hydrogen-bond acceptors (Lipinski definition) is 4. The van der Waals surface area contributed by atoms with E-state index in [0.29, 0.717) is 17.5 Å². The Balaban J connectivity index is 1.69. The number of fused-ring (bicyclic) bond motifs is 1. The van der Waals surface area contributed by atoms with Crippen LogP contribution in [0.3, 0.4) is 0 Å². The summed E-state index contributed by atoms with van der Waals surface area (Å²) < 4.78 is 0. The van der Waals surface area contributed by atoms with Crippen molar-refractivity contribution in [1.29, 1.82) is 0 Å². The van der Waals surface area contributed by atoms with Gasteiger partial charge in [-0.3, -0.25) is 0 Å². The number of phenols is 2. The SMILES string of the molecule is CC(Cc1ccccc1)N[C@H]1CCc2c(ccc(O)c2O)[C@@H]1O. The van der Waals surface area contributed by atoms with Crippen LogP contribution in [0.25, 0.3) is 0 Å². The van der Waals surface area contributed by atoms with Crippen LogP contribution in [0.15, 0.2) is 42.5 Å². The maximum Gasteiger partial charge on any atom is 0.161 e. The molecular weight excluding hydrogens is 290 g/mol. The summed E-state index contributed by atoms with van der Waals surface area (Å²) in [4.78, 5) is 0. The molecule has 0 saturated heterocycles. The lowest BCUT2D eigenvalue weighted by atomic mass is 9.84. The summed E-state index contributed by atoms with van der Waals surface area (Å²) >= 11 is 0. The summed E-state index contributed by atoms with van der Waals surface area (Å²) in [7, 11) is 0.